The lowest BCUT2D eigenvalue weighted by atomic mass is 10.00. The molecule has 0 spiro atoms. The minimum absolute atomic E-state index is 0.241. The van der Waals surface area contributed by atoms with Crippen molar-refractivity contribution >= 4 is 31.8 Å². The first kappa shape index (κ1) is 16.7. The molecule has 118 valence electrons. The third-order valence-electron chi connectivity index (χ3n) is 3.86. The second kappa shape index (κ2) is 7.07. The molecule has 7 heteroatoms. The highest BCUT2D eigenvalue weighted by atomic mass is 79.9. The maximum absolute atomic E-state index is 12.1. The molecule has 1 aromatic rings. The van der Waals surface area contributed by atoms with Crippen molar-refractivity contribution in [2.75, 3.05) is 30.9 Å². The molecule has 1 fully saturated rings. The van der Waals surface area contributed by atoms with Gasteiger partial charge in [-0.05, 0) is 37.8 Å². The molecule has 0 saturated carbocycles. The summed E-state index contributed by atoms with van der Waals surface area (Å²) < 4.78 is 25.3. The zero-order valence-electron chi connectivity index (χ0n) is 12.5. The van der Waals surface area contributed by atoms with Gasteiger partial charge in [-0.3, -0.25) is 0 Å². The van der Waals surface area contributed by atoms with Crippen LogP contribution >= 0.6 is 15.9 Å². The van der Waals surface area contributed by atoms with Crippen LogP contribution in [-0.2, 0) is 10.0 Å². The van der Waals surface area contributed by atoms with E-state index < -0.39 is 10.0 Å². The molecule has 1 aliphatic heterocycles. The Morgan fingerprint density at radius 2 is 2.14 bits per heavy atom. The quantitative estimate of drug-likeness (QED) is 0.741. The van der Waals surface area contributed by atoms with Gasteiger partial charge >= 0.3 is 0 Å². The Balaban J connectivity index is 2.21. The summed E-state index contributed by atoms with van der Waals surface area (Å²) in [6.07, 6.45) is 6.13. The molecule has 2 heterocycles. The van der Waals surface area contributed by atoms with Crippen LogP contribution in [-0.4, -0.2) is 49.7 Å². The molecule has 1 saturated heterocycles. The Morgan fingerprint density at radius 3 is 2.71 bits per heavy atom. The summed E-state index contributed by atoms with van der Waals surface area (Å²) in [5.41, 5.74) is 0. The van der Waals surface area contributed by atoms with E-state index in [9.17, 15) is 8.42 Å². The number of piperidine rings is 1. The number of sulfonamides is 1. The van der Waals surface area contributed by atoms with Crippen LogP contribution in [0.4, 0.5) is 5.82 Å². The van der Waals surface area contributed by atoms with Gasteiger partial charge in [-0.2, -0.15) is 0 Å². The number of alkyl halides is 1. The second-order valence-electron chi connectivity index (χ2n) is 5.46. The zero-order chi connectivity index (χ0) is 15.5. The van der Waals surface area contributed by atoms with Gasteiger partial charge in [0, 0.05) is 38.2 Å². The third-order valence-corrected chi connectivity index (χ3v) is 6.12. The van der Waals surface area contributed by atoms with Crippen LogP contribution in [0.25, 0.3) is 0 Å². The number of anilines is 1. The van der Waals surface area contributed by atoms with Crippen molar-refractivity contribution in [3.63, 3.8) is 0 Å². The minimum atomic E-state index is -3.40. The lowest BCUT2D eigenvalue weighted by molar-refractivity contribution is 0.449. The van der Waals surface area contributed by atoms with Gasteiger partial charge in [0.2, 0.25) is 10.0 Å². The Morgan fingerprint density at radius 1 is 1.38 bits per heavy atom. The van der Waals surface area contributed by atoms with E-state index in [1.807, 2.05) is 6.07 Å². The molecule has 0 aromatic carbocycles. The minimum Gasteiger partial charge on any atom is -0.354 e. The van der Waals surface area contributed by atoms with E-state index in [0.717, 1.165) is 30.5 Å². The van der Waals surface area contributed by atoms with Gasteiger partial charge in [0.05, 0.1) is 0 Å². The first-order chi connectivity index (χ1) is 9.96. The predicted octanol–water partition coefficient (Wildman–Crippen LogP) is 2.48. The van der Waals surface area contributed by atoms with Gasteiger partial charge in [0.15, 0.2) is 0 Å². The summed E-state index contributed by atoms with van der Waals surface area (Å²) in [5, 5.41) is 0.973. The van der Waals surface area contributed by atoms with Crippen molar-refractivity contribution < 1.29 is 8.42 Å². The van der Waals surface area contributed by atoms with E-state index in [-0.39, 0.29) is 4.90 Å². The topological polar surface area (TPSA) is 53.5 Å². The lowest BCUT2D eigenvalue weighted by Gasteiger charge is -2.36. The summed E-state index contributed by atoms with van der Waals surface area (Å²) in [5.74, 6) is 0.873. The largest absolute Gasteiger partial charge is 0.354 e. The normalized spacial score (nSPS) is 20.0. The van der Waals surface area contributed by atoms with Crippen LogP contribution in [0.5, 0.6) is 0 Å². The van der Waals surface area contributed by atoms with Crippen LogP contribution in [0.1, 0.15) is 25.7 Å². The van der Waals surface area contributed by atoms with Gasteiger partial charge in [0.25, 0.3) is 0 Å². The molecular weight excluding hydrogens is 354 g/mol. The van der Waals surface area contributed by atoms with Crippen LogP contribution in [0.15, 0.2) is 23.2 Å². The average molecular weight is 376 g/mol. The Labute approximate surface area is 135 Å². The molecule has 0 aliphatic carbocycles. The molecule has 5 nitrogen and oxygen atoms in total. The fourth-order valence-electron chi connectivity index (χ4n) is 2.63. The van der Waals surface area contributed by atoms with Crippen LogP contribution in [0.3, 0.4) is 0 Å². The molecule has 1 unspecified atom stereocenters. The van der Waals surface area contributed by atoms with Crippen LogP contribution in [0.2, 0.25) is 0 Å². The number of nitrogens with zero attached hydrogens (tertiary/aromatic N) is 3. The summed E-state index contributed by atoms with van der Waals surface area (Å²) in [6.45, 7) is 0.991. The highest BCUT2D eigenvalue weighted by Crippen LogP contribution is 2.26. The zero-order valence-corrected chi connectivity index (χ0v) is 14.9. The van der Waals surface area contributed by atoms with E-state index in [1.165, 1.54) is 37.4 Å². The van der Waals surface area contributed by atoms with Gasteiger partial charge in [0.1, 0.15) is 10.7 Å². The summed E-state index contributed by atoms with van der Waals surface area (Å²) >= 11 is 3.51. The number of aromatic nitrogens is 1. The lowest BCUT2D eigenvalue weighted by Crippen LogP contribution is -2.40. The summed E-state index contributed by atoms with van der Waals surface area (Å²) in [7, 11) is -0.348. The van der Waals surface area contributed by atoms with E-state index in [1.54, 1.807) is 6.07 Å². The molecule has 1 aliphatic rings. The molecule has 21 heavy (non-hydrogen) atoms. The predicted molar refractivity (Wildman–Crippen MR) is 88.5 cm³/mol. The fourth-order valence-corrected chi connectivity index (χ4v) is 4.01. The smallest absolute Gasteiger partial charge is 0.244 e. The van der Waals surface area contributed by atoms with Crippen molar-refractivity contribution in [1.29, 1.82) is 0 Å². The number of halogens is 1. The average Bonchev–Trinajstić information content (AvgIpc) is 2.48. The third kappa shape index (κ3) is 3.76. The second-order valence-corrected chi connectivity index (χ2v) is 8.41. The number of rotatable bonds is 5. The molecular formula is C14H22BrN3O2S. The van der Waals surface area contributed by atoms with Crippen molar-refractivity contribution in [3.8, 4) is 0 Å². The first-order valence-electron chi connectivity index (χ1n) is 7.18. The van der Waals surface area contributed by atoms with Gasteiger partial charge in [-0.1, -0.05) is 15.9 Å². The van der Waals surface area contributed by atoms with Gasteiger partial charge in [-0.15, -0.1) is 0 Å². The monoisotopic (exact) mass is 375 g/mol. The first-order valence-corrected chi connectivity index (χ1v) is 9.74. The van der Waals surface area contributed by atoms with Crippen molar-refractivity contribution in [2.45, 2.75) is 36.6 Å². The number of hydrogen-bond donors (Lipinski definition) is 0. The van der Waals surface area contributed by atoms with Crippen LogP contribution < -0.4 is 4.90 Å². The molecule has 2 rings (SSSR count). The number of pyridine rings is 1. The Kier molecular flexibility index (Phi) is 5.62. The Bertz CT molecular complexity index is 558. The molecule has 0 amide bonds. The summed E-state index contributed by atoms with van der Waals surface area (Å²) in [4.78, 5) is 6.93. The highest BCUT2D eigenvalue weighted by Gasteiger charge is 2.24. The van der Waals surface area contributed by atoms with E-state index >= 15 is 0 Å². The molecule has 0 radical (unpaired) electrons. The molecule has 0 bridgehead atoms. The van der Waals surface area contributed by atoms with Crippen molar-refractivity contribution in [3.05, 3.63) is 18.3 Å². The maximum Gasteiger partial charge on any atom is 0.244 e. The van der Waals surface area contributed by atoms with Gasteiger partial charge in [-0.25, -0.2) is 17.7 Å². The fraction of sp³-hybridized carbons (Fsp3) is 0.643. The van der Waals surface area contributed by atoms with Crippen molar-refractivity contribution in [1.82, 2.24) is 9.29 Å². The highest BCUT2D eigenvalue weighted by molar-refractivity contribution is 9.09. The molecule has 1 atom stereocenters. The van der Waals surface area contributed by atoms with Crippen molar-refractivity contribution in [2.24, 2.45) is 0 Å². The standard InChI is InChI=1S/C14H22BrN3O2S/c1-17(2)21(19,20)13-6-7-14(16-11-13)18-10-4-3-5-12(18)8-9-15/h6-7,11-12H,3-5,8-10H2,1-2H3. The van der Waals surface area contributed by atoms with Crippen LogP contribution in [0, 0.1) is 0 Å². The SMILES string of the molecule is CN(C)S(=O)(=O)c1ccc(N2CCCCC2CCBr)nc1. The summed E-state index contributed by atoms with van der Waals surface area (Å²) in [6, 6.07) is 3.96. The number of hydrogen-bond acceptors (Lipinski definition) is 4. The Hall–Kier alpha value is -0.660. The van der Waals surface area contributed by atoms with E-state index in [2.05, 4.69) is 25.8 Å². The maximum atomic E-state index is 12.1. The molecule has 0 N–H and O–H groups in total. The molecule has 1 aromatic heterocycles. The van der Waals surface area contributed by atoms with E-state index in [4.69, 9.17) is 0 Å². The van der Waals surface area contributed by atoms with E-state index in [0.29, 0.717) is 6.04 Å². The van der Waals surface area contributed by atoms with Gasteiger partial charge < -0.3 is 4.90 Å².